The molecule has 1 aromatic carbocycles. The van der Waals surface area contributed by atoms with E-state index in [0.717, 1.165) is 13.1 Å². The quantitative estimate of drug-likeness (QED) is 0.897. The molecule has 0 aromatic heterocycles. The van der Waals surface area contributed by atoms with Crippen LogP contribution in [0, 0.1) is 11.8 Å². The molecule has 2 atom stereocenters. The Morgan fingerprint density at radius 1 is 1.14 bits per heavy atom. The Morgan fingerprint density at radius 3 is 2.38 bits per heavy atom. The van der Waals surface area contributed by atoms with Gasteiger partial charge in [0, 0.05) is 18.8 Å². The van der Waals surface area contributed by atoms with Crippen molar-refractivity contribution in [1.82, 2.24) is 10.2 Å². The zero-order valence-corrected chi connectivity index (χ0v) is 12.6. The number of urea groups is 1. The summed E-state index contributed by atoms with van der Waals surface area (Å²) in [6.07, 6.45) is 1.20. The van der Waals surface area contributed by atoms with Gasteiger partial charge in [0.15, 0.2) is 0 Å². The van der Waals surface area contributed by atoms with Crippen LogP contribution in [-0.4, -0.2) is 36.5 Å². The van der Waals surface area contributed by atoms with Crippen LogP contribution in [0.25, 0.3) is 0 Å². The summed E-state index contributed by atoms with van der Waals surface area (Å²) < 4.78 is 0. The van der Waals surface area contributed by atoms with Gasteiger partial charge in [-0.15, -0.1) is 0 Å². The third kappa shape index (κ3) is 5.19. The standard InChI is InChI=1S/C16H23N3O2/c1-12-8-13(2)10-19(9-12)11-15(20)18-16(21)17-14-6-4-3-5-7-14/h3-7,12-13H,8-11H2,1-2H3,(H2,17,18,20,21)/t12-,13-/m0/s1. The van der Waals surface area contributed by atoms with Crippen molar-refractivity contribution < 1.29 is 9.59 Å². The maximum atomic E-state index is 11.9. The summed E-state index contributed by atoms with van der Waals surface area (Å²) in [7, 11) is 0. The predicted octanol–water partition coefficient (Wildman–Crippen LogP) is 2.31. The number of nitrogens with one attached hydrogen (secondary N) is 2. The van der Waals surface area contributed by atoms with Crippen LogP contribution in [0.1, 0.15) is 20.3 Å². The first kappa shape index (κ1) is 15.5. The number of rotatable bonds is 3. The molecule has 21 heavy (non-hydrogen) atoms. The predicted molar refractivity (Wildman–Crippen MR) is 83.0 cm³/mol. The van der Waals surface area contributed by atoms with E-state index in [9.17, 15) is 9.59 Å². The Morgan fingerprint density at radius 2 is 1.76 bits per heavy atom. The molecular weight excluding hydrogens is 266 g/mol. The minimum absolute atomic E-state index is 0.260. The Bertz CT molecular complexity index is 480. The van der Waals surface area contributed by atoms with Crippen molar-refractivity contribution in [3.8, 4) is 0 Å². The van der Waals surface area contributed by atoms with Crippen molar-refractivity contribution in [2.45, 2.75) is 20.3 Å². The summed E-state index contributed by atoms with van der Waals surface area (Å²) >= 11 is 0. The number of hydrogen-bond acceptors (Lipinski definition) is 3. The number of benzene rings is 1. The molecule has 0 unspecified atom stereocenters. The average molecular weight is 289 g/mol. The highest BCUT2D eigenvalue weighted by atomic mass is 16.2. The highest BCUT2D eigenvalue weighted by Crippen LogP contribution is 2.20. The van der Waals surface area contributed by atoms with E-state index in [1.807, 2.05) is 18.2 Å². The third-order valence-electron chi connectivity index (χ3n) is 3.60. The largest absolute Gasteiger partial charge is 0.325 e. The van der Waals surface area contributed by atoms with E-state index in [4.69, 9.17) is 0 Å². The Balaban J connectivity index is 1.77. The number of anilines is 1. The van der Waals surface area contributed by atoms with E-state index >= 15 is 0 Å². The van der Waals surface area contributed by atoms with Gasteiger partial charge in [0.05, 0.1) is 6.54 Å². The number of para-hydroxylation sites is 1. The van der Waals surface area contributed by atoms with Crippen LogP contribution in [-0.2, 0) is 4.79 Å². The molecule has 0 spiro atoms. The van der Waals surface area contributed by atoms with E-state index in [1.165, 1.54) is 6.42 Å². The SMILES string of the molecule is C[C@H]1C[C@H](C)CN(CC(=O)NC(=O)Nc2ccccc2)C1. The fourth-order valence-corrected chi connectivity index (χ4v) is 2.97. The van der Waals surface area contributed by atoms with E-state index < -0.39 is 6.03 Å². The van der Waals surface area contributed by atoms with Crippen molar-refractivity contribution >= 4 is 17.6 Å². The minimum atomic E-state index is -0.482. The van der Waals surface area contributed by atoms with Gasteiger partial charge in [-0.05, 0) is 30.4 Å². The van der Waals surface area contributed by atoms with Crippen molar-refractivity contribution in [2.24, 2.45) is 11.8 Å². The van der Waals surface area contributed by atoms with Gasteiger partial charge in [0.1, 0.15) is 0 Å². The lowest BCUT2D eigenvalue weighted by molar-refractivity contribution is -0.121. The molecule has 1 heterocycles. The van der Waals surface area contributed by atoms with E-state index in [1.54, 1.807) is 12.1 Å². The molecule has 1 saturated heterocycles. The summed E-state index contributed by atoms with van der Waals surface area (Å²) in [5, 5.41) is 5.01. The highest BCUT2D eigenvalue weighted by Gasteiger charge is 2.23. The van der Waals surface area contributed by atoms with Crippen LogP contribution in [0.3, 0.4) is 0 Å². The van der Waals surface area contributed by atoms with Crippen LogP contribution in [0.4, 0.5) is 10.5 Å². The molecule has 2 rings (SSSR count). The van der Waals surface area contributed by atoms with Crippen LogP contribution in [0.2, 0.25) is 0 Å². The number of hydrogen-bond donors (Lipinski definition) is 2. The zero-order chi connectivity index (χ0) is 15.2. The molecule has 3 amide bonds. The van der Waals surface area contributed by atoms with Gasteiger partial charge in [-0.25, -0.2) is 4.79 Å². The lowest BCUT2D eigenvalue weighted by Crippen LogP contribution is -2.46. The van der Waals surface area contributed by atoms with Crippen molar-refractivity contribution in [3.05, 3.63) is 30.3 Å². The fourth-order valence-electron chi connectivity index (χ4n) is 2.97. The summed E-state index contributed by atoms with van der Waals surface area (Å²) in [6.45, 7) is 6.50. The van der Waals surface area contributed by atoms with Crippen LogP contribution < -0.4 is 10.6 Å². The summed E-state index contributed by atoms with van der Waals surface area (Å²) in [5.74, 6) is 0.934. The first-order chi connectivity index (χ1) is 10.0. The van der Waals surface area contributed by atoms with Gasteiger partial charge >= 0.3 is 6.03 Å². The number of piperidine rings is 1. The van der Waals surface area contributed by atoms with Gasteiger partial charge < -0.3 is 5.32 Å². The lowest BCUT2D eigenvalue weighted by atomic mass is 9.92. The Labute approximate surface area is 125 Å². The number of amides is 3. The molecule has 0 saturated carbocycles. The van der Waals surface area contributed by atoms with E-state index in [-0.39, 0.29) is 12.5 Å². The monoisotopic (exact) mass is 289 g/mol. The van der Waals surface area contributed by atoms with Crippen LogP contribution in [0.5, 0.6) is 0 Å². The Hall–Kier alpha value is -1.88. The van der Waals surface area contributed by atoms with Crippen molar-refractivity contribution in [2.75, 3.05) is 25.0 Å². The molecule has 5 nitrogen and oxygen atoms in total. The molecule has 5 heteroatoms. The molecule has 1 aliphatic heterocycles. The highest BCUT2D eigenvalue weighted by molar-refractivity contribution is 6.01. The van der Waals surface area contributed by atoms with Gasteiger partial charge in [0.2, 0.25) is 5.91 Å². The van der Waals surface area contributed by atoms with Crippen molar-refractivity contribution in [3.63, 3.8) is 0 Å². The smallest absolute Gasteiger partial charge is 0.308 e. The first-order valence-corrected chi connectivity index (χ1v) is 7.41. The molecule has 114 valence electrons. The molecule has 2 N–H and O–H groups in total. The van der Waals surface area contributed by atoms with Gasteiger partial charge in [-0.1, -0.05) is 32.0 Å². The maximum absolute atomic E-state index is 11.9. The molecule has 0 aliphatic carbocycles. The van der Waals surface area contributed by atoms with Gasteiger partial charge in [-0.2, -0.15) is 0 Å². The second-order valence-electron chi connectivity index (χ2n) is 6.01. The summed E-state index contributed by atoms with van der Waals surface area (Å²) in [6, 6.07) is 8.59. The molecule has 1 aliphatic rings. The van der Waals surface area contributed by atoms with E-state index in [2.05, 4.69) is 29.4 Å². The summed E-state index contributed by atoms with van der Waals surface area (Å²) in [4.78, 5) is 25.8. The van der Waals surface area contributed by atoms with E-state index in [0.29, 0.717) is 17.5 Å². The first-order valence-electron chi connectivity index (χ1n) is 7.41. The van der Waals surface area contributed by atoms with Crippen LogP contribution >= 0.6 is 0 Å². The molecule has 0 bridgehead atoms. The fraction of sp³-hybridized carbons (Fsp3) is 0.500. The molecule has 0 radical (unpaired) electrons. The number of carbonyl (C=O) groups excluding carboxylic acids is 2. The molecular formula is C16H23N3O2. The number of imide groups is 1. The second kappa shape index (κ2) is 7.22. The average Bonchev–Trinajstić information content (AvgIpc) is 2.37. The van der Waals surface area contributed by atoms with Gasteiger partial charge in [0.25, 0.3) is 0 Å². The molecule has 1 aromatic rings. The Kier molecular flexibility index (Phi) is 5.33. The normalized spacial score (nSPS) is 22.6. The number of likely N-dealkylation sites (tertiary alicyclic amines) is 1. The third-order valence-corrected chi connectivity index (χ3v) is 3.60. The lowest BCUT2D eigenvalue weighted by Gasteiger charge is -2.34. The van der Waals surface area contributed by atoms with Gasteiger partial charge in [-0.3, -0.25) is 15.0 Å². The topological polar surface area (TPSA) is 61.4 Å². The molecule has 1 fully saturated rings. The summed E-state index contributed by atoms with van der Waals surface area (Å²) in [5.41, 5.74) is 0.669. The number of carbonyl (C=O) groups is 2. The van der Waals surface area contributed by atoms with Crippen LogP contribution in [0.15, 0.2) is 30.3 Å². The maximum Gasteiger partial charge on any atom is 0.325 e. The number of nitrogens with zero attached hydrogens (tertiary/aromatic N) is 1. The second-order valence-corrected chi connectivity index (χ2v) is 6.01. The zero-order valence-electron chi connectivity index (χ0n) is 12.6. The van der Waals surface area contributed by atoms with Crippen molar-refractivity contribution in [1.29, 1.82) is 0 Å². The minimum Gasteiger partial charge on any atom is -0.308 e.